The van der Waals surface area contributed by atoms with Crippen LogP contribution >= 0.6 is 0 Å². The zero-order chi connectivity index (χ0) is 15.4. The molecule has 3 N–H and O–H groups in total. The van der Waals surface area contributed by atoms with Gasteiger partial charge in [-0.05, 0) is 38.2 Å². The van der Waals surface area contributed by atoms with E-state index in [2.05, 4.69) is 36.4 Å². The van der Waals surface area contributed by atoms with E-state index in [0.29, 0.717) is 24.5 Å². The van der Waals surface area contributed by atoms with Crippen LogP contribution in [-0.2, 0) is 0 Å². The van der Waals surface area contributed by atoms with Gasteiger partial charge in [-0.25, -0.2) is 4.98 Å². The zero-order valence-electron chi connectivity index (χ0n) is 12.9. The van der Waals surface area contributed by atoms with Crippen molar-refractivity contribution in [1.29, 1.82) is 0 Å². The summed E-state index contributed by atoms with van der Waals surface area (Å²) in [6.07, 6.45) is 7.00. The first-order valence-electron chi connectivity index (χ1n) is 8.33. The molecule has 2 atom stereocenters. The third-order valence-corrected chi connectivity index (χ3v) is 5.23. The fraction of sp³-hybridized carbons (Fsp3) is 0.562. The maximum atomic E-state index is 10.4. The molecule has 3 heterocycles. The number of aromatic amines is 1. The van der Waals surface area contributed by atoms with Crippen LogP contribution in [0.25, 0.3) is 0 Å². The molecular formula is C16H20N6O. The third-order valence-electron chi connectivity index (χ3n) is 5.23. The molecule has 2 unspecified atom stereocenters. The van der Waals surface area contributed by atoms with Gasteiger partial charge in [0.05, 0.1) is 5.60 Å². The van der Waals surface area contributed by atoms with Crippen LogP contribution in [0.15, 0.2) is 18.3 Å². The van der Waals surface area contributed by atoms with E-state index in [9.17, 15) is 5.11 Å². The molecule has 0 radical (unpaired) electrons. The van der Waals surface area contributed by atoms with E-state index >= 15 is 0 Å². The second kappa shape index (κ2) is 4.67. The highest BCUT2D eigenvalue weighted by molar-refractivity contribution is 5.54. The van der Waals surface area contributed by atoms with E-state index in [0.717, 1.165) is 30.9 Å². The lowest BCUT2D eigenvalue weighted by Gasteiger charge is -2.29. The number of aliphatic hydroxyl groups is 1. The van der Waals surface area contributed by atoms with Crippen LogP contribution < -0.4 is 10.2 Å². The quantitative estimate of drug-likeness (QED) is 0.799. The van der Waals surface area contributed by atoms with E-state index in [1.165, 1.54) is 18.5 Å². The van der Waals surface area contributed by atoms with Crippen LogP contribution in [0.3, 0.4) is 0 Å². The van der Waals surface area contributed by atoms with Crippen molar-refractivity contribution in [2.45, 2.75) is 49.7 Å². The molecule has 23 heavy (non-hydrogen) atoms. The Hall–Kier alpha value is -2.15. The minimum atomic E-state index is -0.543. The van der Waals surface area contributed by atoms with Crippen molar-refractivity contribution in [1.82, 2.24) is 20.2 Å². The highest BCUT2D eigenvalue weighted by Gasteiger charge is 2.49. The standard InChI is InChI=1S/C16H20N6O/c23-16-5-3-11(8-16)22(9-16)15-17-6-4-13(19-15)18-14-7-12(20-21-14)10-1-2-10/h4,6-7,10-11,23H,1-3,5,8-9H2,(H2,17,18,19,20,21). The van der Waals surface area contributed by atoms with Gasteiger partial charge in [0.15, 0.2) is 5.82 Å². The summed E-state index contributed by atoms with van der Waals surface area (Å²) < 4.78 is 0. The van der Waals surface area contributed by atoms with Gasteiger partial charge in [-0.2, -0.15) is 10.1 Å². The summed E-state index contributed by atoms with van der Waals surface area (Å²) >= 11 is 0. The molecule has 0 amide bonds. The molecule has 1 saturated heterocycles. The van der Waals surface area contributed by atoms with Crippen molar-refractivity contribution >= 4 is 17.6 Å². The molecule has 3 fully saturated rings. The number of piperidine rings is 1. The topological polar surface area (TPSA) is 90.0 Å². The SMILES string of the molecule is OC12CCC(C1)N(c1nccc(Nc3cc(C4CC4)[nH]n3)n1)C2. The van der Waals surface area contributed by atoms with E-state index in [1.807, 2.05) is 6.07 Å². The number of fused-ring (bicyclic) bond motifs is 2. The normalized spacial score (nSPS) is 29.3. The Bertz CT molecular complexity index is 742. The molecule has 7 nitrogen and oxygen atoms in total. The number of nitrogens with zero attached hydrogens (tertiary/aromatic N) is 4. The lowest BCUT2D eigenvalue weighted by atomic mass is 10.0. The highest BCUT2D eigenvalue weighted by Crippen LogP contribution is 2.42. The van der Waals surface area contributed by atoms with Gasteiger partial charge in [0.1, 0.15) is 5.82 Å². The van der Waals surface area contributed by atoms with Crippen molar-refractivity contribution in [2.75, 3.05) is 16.8 Å². The van der Waals surface area contributed by atoms with Gasteiger partial charge in [-0.1, -0.05) is 0 Å². The van der Waals surface area contributed by atoms with Crippen LogP contribution in [0.1, 0.15) is 43.7 Å². The predicted octanol–water partition coefficient (Wildman–Crippen LogP) is 1.92. The van der Waals surface area contributed by atoms with Crippen molar-refractivity contribution in [3.8, 4) is 0 Å². The van der Waals surface area contributed by atoms with Crippen molar-refractivity contribution < 1.29 is 5.11 Å². The summed E-state index contributed by atoms with van der Waals surface area (Å²) in [7, 11) is 0. The second-order valence-electron chi connectivity index (χ2n) is 7.10. The van der Waals surface area contributed by atoms with Gasteiger partial charge in [0.25, 0.3) is 0 Å². The summed E-state index contributed by atoms with van der Waals surface area (Å²) in [4.78, 5) is 11.1. The van der Waals surface area contributed by atoms with Gasteiger partial charge in [0, 0.05) is 36.5 Å². The predicted molar refractivity (Wildman–Crippen MR) is 85.8 cm³/mol. The smallest absolute Gasteiger partial charge is 0.227 e. The zero-order valence-corrected chi connectivity index (χ0v) is 12.9. The summed E-state index contributed by atoms with van der Waals surface area (Å²) in [5.74, 6) is 2.87. The lowest BCUT2D eigenvalue weighted by Crippen LogP contribution is -2.39. The fourth-order valence-corrected chi connectivity index (χ4v) is 3.86. The highest BCUT2D eigenvalue weighted by atomic mass is 16.3. The summed E-state index contributed by atoms with van der Waals surface area (Å²) in [5, 5.41) is 21.0. The number of anilines is 3. The molecule has 3 aliphatic rings. The molecule has 2 aromatic heterocycles. The number of hydrogen-bond donors (Lipinski definition) is 3. The van der Waals surface area contributed by atoms with Crippen LogP contribution in [0.5, 0.6) is 0 Å². The van der Waals surface area contributed by atoms with Crippen molar-refractivity contribution in [3.05, 3.63) is 24.0 Å². The third kappa shape index (κ3) is 2.35. The Morgan fingerprint density at radius 3 is 2.96 bits per heavy atom. The molecule has 2 aliphatic carbocycles. The molecule has 1 aliphatic heterocycles. The van der Waals surface area contributed by atoms with Crippen LogP contribution in [0.2, 0.25) is 0 Å². The van der Waals surface area contributed by atoms with E-state index < -0.39 is 5.60 Å². The second-order valence-corrected chi connectivity index (χ2v) is 7.10. The lowest BCUT2D eigenvalue weighted by molar-refractivity contribution is 0.0678. The van der Waals surface area contributed by atoms with E-state index in [1.54, 1.807) is 6.20 Å². The Kier molecular flexibility index (Phi) is 2.70. The van der Waals surface area contributed by atoms with Gasteiger partial charge >= 0.3 is 0 Å². The van der Waals surface area contributed by atoms with E-state index in [-0.39, 0.29) is 0 Å². The first kappa shape index (κ1) is 13.3. The van der Waals surface area contributed by atoms with Gasteiger partial charge < -0.3 is 15.3 Å². The minimum Gasteiger partial charge on any atom is -0.388 e. The summed E-state index contributed by atoms with van der Waals surface area (Å²) in [6.45, 7) is 0.634. The fourth-order valence-electron chi connectivity index (χ4n) is 3.86. The molecule has 5 rings (SSSR count). The van der Waals surface area contributed by atoms with Crippen LogP contribution in [0, 0.1) is 0 Å². The Labute approximate surface area is 134 Å². The molecule has 0 spiro atoms. The summed E-state index contributed by atoms with van der Waals surface area (Å²) in [5.41, 5.74) is 0.652. The first-order valence-corrected chi connectivity index (χ1v) is 8.33. The maximum Gasteiger partial charge on any atom is 0.227 e. The average Bonchev–Trinajstić information content (AvgIpc) is 3.04. The molecule has 2 aromatic rings. The maximum absolute atomic E-state index is 10.4. The average molecular weight is 312 g/mol. The van der Waals surface area contributed by atoms with E-state index in [4.69, 9.17) is 0 Å². The van der Waals surface area contributed by atoms with Gasteiger partial charge in [-0.15, -0.1) is 0 Å². The number of hydrogen-bond acceptors (Lipinski definition) is 6. The molecule has 7 heteroatoms. The van der Waals surface area contributed by atoms with Crippen molar-refractivity contribution in [3.63, 3.8) is 0 Å². The number of nitrogens with one attached hydrogen (secondary N) is 2. The minimum absolute atomic E-state index is 0.363. The van der Waals surface area contributed by atoms with Crippen molar-refractivity contribution in [2.24, 2.45) is 0 Å². The Morgan fingerprint density at radius 2 is 2.22 bits per heavy atom. The number of H-pyrrole nitrogens is 1. The monoisotopic (exact) mass is 312 g/mol. The Morgan fingerprint density at radius 1 is 1.30 bits per heavy atom. The first-order chi connectivity index (χ1) is 11.2. The molecular weight excluding hydrogens is 292 g/mol. The number of aromatic nitrogens is 4. The molecule has 2 saturated carbocycles. The molecule has 0 aromatic carbocycles. The largest absolute Gasteiger partial charge is 0.388 e. The van der Waals surface area contributed by atoms with Crippen LogP contribution in [0.4, 0.5) is 17.6 Å². The van der Waals surface area contributed by atoms with Gasteiger partial charge in [0.2, 0.25) is 5.95 Å². The van der Waals surface area contributed by atoms with Crippen LogP contribution in [-0.4, -0.2) is 43.5 Å². The number of β-amino-alcohol motifs (C(OH)–C–C–N with tert-alkyl or cyclic N) is 1. The molecule has 2 bridgehead atoms. The van der Waals surface area contributed by atoms with Gasteiger partial charge in [-0.3, -0.25) is 5.10 Å². The summed E-state index contributed by atoms with van der Waals surface area (Å²) in [6, 6.07) is 4.26. The number of rotatable bonds is 4. The Balaban J connectivity index is 1.35. The molecule has 120 valence electrons.